The molecule has 3 aromatic carbocycles. The summed E-state index contributed by atoms with van der Waals surface area (Å²) >= 11 is 6.16. The van der Waals surface area contributed by atoms with Crippen LogP contribution in [0.4, 0.5) is 5.69 Å². The first-order valence-corrected chi connectivity index (χ1v) is 10.5. The lowest BCUT2D eigenvalue weighted by molar-refractivity contribution is -0.115. The van der Waals surface area contributed by atoms with Gasteiger partial charge in [0.25, 0.3) is 11.8 Å². The Morgan fingerprint density at radius 2 is 1.91 bits per heavy atom. The molecule has 4 rings (SSSR count). The molecule has 3 aromatic rings. The molecule has 2 amide bonds. The van der Waals surface area contributed by atoms with Crippen LogP contribution in [-0.2, 0) is 11.3 Å². The van der Waals surface area contributed by atoms with Gasteiger partial charge in [-0.05, 0) is 60.5 Å². The van der Waals surface area contributed by atoms with E-state index in [1.807, 2.05) is 43.3 Å². The molecule has 0 atom stereocenters. The average molecular weight is 449 g/mol. The van der Waals surface area contributed by atoms with E-state index < -0.39 is 5.91 Å². The molecule has 0 aliphatic carbocycles. The lowest BCUT2D eigenvalue weighted by Gasteiger charge is -2.20. The Morgan fingerprint density at radius 1 is 1.12 bits per heavy atom. The van der Waals surface area contributed by atoms with Crippen LogP contribution >= 0.6 is 11.6 Å². The summed E-state index contributed by atoms with van der Waals surface area (Å²) in [6.07, 6.45) is 1.58. The minimum Gasteiger partial charge on any atom is -0.494 e. The van der Waals surface area contributed by atoms with Crippen molar-refractivity contribution >= 4 is 35.2 Å². The van der Waals surface area contributed by atoms with Crippen molar-refractivity contribution in [2.45, 2.75) is 13.5 Å². The second-order valence-corrected chi connectivity index (χ2v) is 7.46. The molecule has 32 heavy (non-hydrogen) atoms. The van der Waals surface area contributed by atoms with Crippen molar-refractivity contribution in [3.05, 3.63) is 94.2 Å². The topological polar surface area (TPSA) is 76.7 Å². The van der Waals surface area contributed by atoms with Crippen molar-refractivity contribution in [2.24, 2.45) is 0 Å². The Morgan fingerprint density at radius 3 is 2.66 bits per heavy atom. The molecule has 0 unspecified atom stereocenters. The van der Waals surface area contributed by atoms with Crippen LogP contribution in [0.3, 0.4) is 0 Å². The van der Waals surface area contributed by atoms with E-state index in [1.54, 1.807) is 36.4 Å². The number of carbonyl (C=O) groups excluding carboxylic acids is 2. The van der Waals surface area contributed by atoms with Crippen LogP contribution in [0, 0.1) is 0 Å². The summed E-state index contributed by atoms with van der Waals surface area (Å²) in [6, 6.07) is 19.6. The summed E-state index contributed by atoms with van der Waals surface area (Å²) in [5.74, 6) is 0.693. The smallest absolute Gasteiger partial charge is 0.291 e. The van der Waals surface area contributed by atoms with E-state index in [1.165, 1.54) is 0 Å². The highest BCUT2D eigenvalue weighted by Crippen LogP contribution is 2.33. The van der Waals surface area contributed by atoms with Gasteiger partial charge in [-0.15, -0.1) is 0 Å². The van der Waals surface area contributed by atoms with E-state index in [9.17, 15) is 9.59 Å². The Kier molecular flexibility index (Phi) is 6.42. The first-order chi connectivity index (χ1) is 15.5. The first kappa shape index (κ1) is 21.5. The largest absolute Gasteiger partial charge is 0.494 e. The van der Waals surface area contributed by atoms with E-state index in [4.69, 9.17) is 21.1 Å². The number of hydrogen-bond donors (Lipinski definition) is 2. The summed E-state index contributed by atoms with van der Waals surface area (Å²) < 4.78 is 11.2. The maximum atomic E-state index is 12.6. The molecule has 0 fully saturated rings. The number of carbonyl (C=O) groups is 2. The van der Waals surface area contributed by atoms with E-state index in [-0.39, 0.29) is 11.7 Å². The van der Waals surface area contributed by atoms with E-state index in [0.717, 1.165) is 11.3 Å². The third-order valence-corrected chi connectivity index (χ3v) is 5.16. The summed E-state index contributed by atoms with van der Waals surface area (Å²) in [7, 11) is 0. The fraction of sp³-hybridized carbons (Fsp3) is 0.120. The van der Waals surface area contributed by atoms with Gasteiger partial charge in [0.05, 0.1) is 12.3 Å². The summed E-state index contributed by atoms with van der Waals surface area (Å²) in [4.78, 5) is 25.1. The van der Waals surface area contributed by atoms with Crippen molar-refractivity contribution in [3.8, 4) is 11.5 Å². The van der Waals surface area contributed by atoms with Crippen LogP contribution < -0.4 is 20.1 Å². The van der Waals surface area contributed by atoms with Crippen LogP contribution in [0.1, 0.15) is 28.4 Å². The number of halogens is 1. The van der Waals surface area contributed by atoms with Crippen molar-refractivity contribution in [2.75, 3.05) is 11.9 Å². The fourth-order valence-electron chi connectivity index (χ4n) is 3.19. The Bertz CT molecular complexity index is 1190. The number of nitrogens with one attached hydrogen (secondary N) is 2. The van der Waals surface area contributed by atoms with Gasteiger partial charge < -0.3 is 20.1 Å². The molecule has 7 heteroatoms. The van der Waals surface area contributed by atoms with Gasteiger partial charge in [0, 0.05) is 17.1 Å². The Hall–Kier alpha value is -3.77. The molecule has 1 heterocycles. The quantitative estimate of drug-likeness (QED) is 0.518. The van der Waals surface area contributed by atoms with Crippen molar-refractivity contribution < 1.29 is 19.1 Å². The number of ether oxygens (including phenoxy) is 2. The number of anilines is 1. The van der Waals surface area contributed by atoms with Crippen LogP contribution in [0.25, 0.3) is 6.08 Å². The molecule has 0 spiro atoms. The molecule has 1 aliphatic rings. The summed E-state index contributed by atoms with van der Waals surface area (Å²) in [5.41, 5.74) is 2.47. The molecular formula is C25H21ClN2O4. The Labute approximate surface area is 190 Å². The van der Waals surface area contributed by atoms with Gasteiger partial charge in [-0.25, -0.2) is 0 Å². The maximum Gasteiger partial charge on any atom is 0.291 e. The highest BCUT2D eigenvalue weighted by molar-refractivity contribution is 6.32. The predicted octanol–water partition coefficient (Wildman–Crippen LogP) is 5.04. The second-order valence-electron chi connectivity index (χ2n) is 7.06. The monoisotopic (exact) mass is 448 g/mol. The standard InChI is InChI=1S/C25H21ClN2O4/c1-2-31-19-10-7-16(8-11-19)15-27-24(29)18-9-12-22-21(13-18)28-25(30)23(32-22)14-17-5-3-4-6-20(17)26/h3-14H,2,15H2,1H3,(H,27,29)(H,28,30)/b23-14-. The molecule has 2 N–H and O–H groups in total. The minimum atomic E-state index is -0.413. The zero-order chi connectivity index (χ0) is 22.5. The summed E-state index contributed by atoms with van der Waals surface area (Å²) in [5, 5.41) is 6.16. The van der Waals surface area contributed by atoms with Gasteiger partial charge >= 0.3 is 0 Å². The van der Waals surface area contributed by atoms with Gasteiger partial charge in [0.15, 0.2) is 11.5 Å². The molecule has 6 nitrogen and oxygen atoms in total. The number of rotatable bonds is 6. The van der Waals surface area contributed by atoms with Gasteiger partial charge in [0.2, 0.25) is 0 Å². The van der Waals surface area contributed by atoms with Crippen LogP contribution in [0.5, 0.6) is 11.5 Å². The SMILES string of the molecule is CCOc1ccc(CNC(=O)c2ccc3c(c2)NC(=O)/C(=C/c2ccccc2Cl)O3)cc1. The lowest BCUT2D eigenvalue weighted by Crippen LogP contribution is -2.25. The average Bonchev–Trinajstić information content (AvgIpc) is 2.80. The zero-order valence-electron chi connectivity index (χ0n) is 17.4. The molecule has 162 valence electrons. The predicted molar refractivity (Wildman–Crippen MR) is 124 cm³/mol. The molecule has 0 bridgehead atoms. The van der Waals surface area contributed by atoms with Crippen molar-refractivity contribution in [3.63, 3.8) is 0 Å². The van der Waals surface area contributed by atoms with Gasteiger partial charge in [-0.1, -0.05) is 41.9 Å². The number of fused-ring (bicyclic) bond motifs is 1. The van der Waals surface area contributed by atoms with Crippen LogP contribution in [0.2, 0.25) is 5.02 Å². The minimum absolute atomic E-state index is 0.123. The third kappa shape index (κ3) is 4.92. The zero-order valence-corrected chi connectivity index (χ0v) is 18.1. The fourth-order valence-corrected chi connectivity index (χ4v) is 3.38. The van der Waals surface area contributed by atoms with Crippen LogP contribution in [-0.4, -0.2) is 18.4 Å². The third-order valence-electron chi connectivity index (χ3n) is 4.81. The highest BCUT2D eigenvalue weighted by Gasteiger charge is 2.23. The molecule has 0 saturated carbocycles. The number of benzene rings is 3. The van der Waals surface area contributed by atoms with Crippen molar-refractivity contribution in [1.82, 2.24) is 5.32 Å². The maximum absolute atomic E-state index is 12.6. The van der Waals surface area contributed by atoms with E-state index in [2.05, 4.69) is 10.6 Å². The normalized spacial score (nSPS) is 13.7. The van der Waals surface area contributed by atoms with Crippen LogP contribution in [0.15, 0.2) is 72.5 Å². The molecular weight excluding hydrogens is 428 g/mol. The van der Waals surface area contributed by atoms with Gasteiger partial charge in [0.1, 0.15) is 5.75 Å². The van der Waals surface area contributed by atoms with Crippen molar-refractivity contribution in [1.29, 1.82) is 0 Å². The summed E-state index contributed by atoms with van der Waals surface area (Å²) in [6.45, 7) is 2.90. The first-order valence-electron chi connectivity index (χ1n) is 10.1. The number of amides is 2. The van der Waals surface area contributed by atoms with E-state index >= 15 is 0 Å². The molecule has 0 aromatic heterocycles. The molecule has 0 saturated heterocycles. The highest BCUT2D eigenvalue weighted by atomic mass is 35.5. The van der Waals surface area contributed by atoms with Gasteiger partial charge in [-0.2, -0.15) is 0 Å². The number of hydrogen-bond acceptors (Lipinski definition) is 4. The van der Waals surface area contributed by atoms with Gasteiger partial charge in [-0.3, -0.25) is 9.59 Å². The van der Waals surface area contributed by atoms with E-state index in [0.29, 0.717) is 40.7 Å². The Balaban J connectivity index is 1.44. The molecule has 1 aliphatic heterocycles. The molecule has 0 radical (unpaired) electrons. The second kappa shape index (κ2) is 9.58. The lowest BCUT2D eigenvalue weighted by atomic mass is 10.1.